The maximum absolute atomic E-state index is 12.9. The molecule has 0 atom stereocenters. The predicted molar refractivity (Wildman–Crippen MR) is 104 cm³/mol. The van der Waals surface area contributed by atoms with Gasteiger partial charge in [-0.05, 0) is 35.7 Å². The molecule has 2 heterocycles. The summed E-state index contributed by atoms with van der Waals surface area (Å²) in [6.07, 6.45) is 1.54. The Hall–Kier alpha value is -2.45. The van der Waals surface area contributed by atoms with Crippen molar-refractivity contribution in [3.63, 3.8) is 0 Å². The molecule has 1 aliphatic heterocycles. The Labute approximate surface area is 159 Å². The number of amides is 1. The summed E-state index contributed by atoms with van der Waals surface area (Å²) in [6.45, 7) is 5.97. The summed E-state index contributed by atoms with van der Waals surface area (Å²) in [5, 5.41) is 0. The number of hydrogen-bond acceptors (Lipinski definition) is 5. The number of primary amides is 1. The first kappa shape index (κ1) is 19.3. The van der Waals surface area contributed by atoms with Crippen LogP contribution in [0.4, 0.5) is 5.69 Å². The number of rotatable bonds is 5. The van der Waals surface area contributed by atoms with E-state index < -0.39 is 15.9 Å². The molecule has 1 aromatic carbocycles. The van der Waals surface area contributed by atoms with E-state index >= 15 is 0 Å². The summed E-state index contributed by atoms with van der Waals surface area (Å²) in [5.74, 6) is -0.223. The van der Waals surface area contributed by atoms with E-state index in [2.05, 4.69) is 18.8 Å². The molecule has 0 radical (unpaired) electrons. The van der Waals surface area contributed by atoms with Crippen LogP contribution in [0.25, 0.3) is 0 Å². The second-order valence-electron chi connectivity index (χ2n) is 6.88. The Morgan fingerprint density at radius 3 is 2.26 bits per heavy atom. The van der Waals surface area contributed by atoms with E-state index in [0.29, 0.717) is 37.0 Å². The molecule has 144 valence electrons. The molecule has 0 unspecified atom stereocenters. The minimum absolute atomic E-state index is 0.202. The SMILES string of the molecule is CC(C)c1ccc(S(=O)(=O)N2CCN(c3ccnc(C(N)=O)c3)CC2)cc1. The number of carbonyl (C=O) groups is 1. The Balaban J connectivity index is 1.71. The van der Waals surface area contributed by atoms with Gasteiger partial charge in [0.2, 0.25) is 10.0 Å². The topological polar surface area (TPSA) is 96.6 Å². The van der Waals surface area contributed by atoms with Crippen LogP contribution in [0.1, 0.15) is 35.8 Å². The molecule has 0 saturated carbocycles. The van der Waals surface area contributed by atoms with Crippen LogP contribution in [0, 0.1) is 0 Å². The monoisotopic (exact) mass is 388 g/mol. The summed E-state index contributed by atoms with van der Waals surface area (Å²) < 4.78 is 27.3. The minimum Gasteiger partial charge on any atom is -0.369 e. The Kier molecular flexibility index (Phi) is 5.48. The van der Waals surface area contributed by atoms with Gasteiger partial charge in [0.25, 0.3) is 5.91 Å². The molecule has 3 rings (SSSR count). The Morgan fingerprint density at radius 2 is 1.70 bits per heavy atom. The van der Waals surface area contributed by atoms with Crippen molar-refractivity contribution < 1.29 is 13.2 Å². The third-order valence-electron chi connectivity index (χ3n) is 4.78. The fourth-order valence-electron chi connectivity index (χ4n) is 3.11. The highest BCUT2D eigenvalue weighted by Gasteiger charge is 2.28. The molecule has 1 aliphatic rings. The zero-order valence-electron chi connectivity index (χ0n) is 15.5. The lowest BCUT2D eigenvalue weighted by Gasteiger charge is -2.35. The number of sulfonamides is 1. The van der Waals surface area contributed by atoms with Crippen LogP contribution >= 0.6 is 0 Å². The zero-order chi connectivity index (χ0) is 19.6. The second kappa shape index (κ2) is 7.66. The maximum Gasteiger partial charge on any atom is 0.267 e. The van der Waals surface area contributed by atoms with Crippen LogP contribution in [-0.4, -0.2) is 49.8 Å². The molecule has 0 aliphatic carbocycles. The molecule has 1 aromatic heterocycles. The molecule has 1 amide bonds. The van der Waals surface area contributed by atoms with Crippen molar-refractivity contribution in [2.45, 2.75) is 24.7 Å². The van der Waals surface area contributed by atoms with Gasteiger partial charge in [0.05, 0.1) is 4.90 Å². The van der Waals surface area contributed by atoms with E-state index in [-0.39, 0.29) is 5.69 Å². The van der Waals surface area contributed by atoms with E-state index in [1.807, 2.05) is 17.0 Å². The van der Waals surface area contributed by atoms with E-state index in [1.54, 1.807) is 24.3 Å². The molecular formula is C19H24N4O3S. The lowest BCUT2D eigenvalue weighted by atomic mass is 10.0. The highest BCUT2D eigenvalue weighted by Crippen LogP contribution is 2.23. The first-order valence-electron chi connectivity index (χ1n) is 8.90. The summed E-state index contributed by atoms with van der Waals surface area (Å²) in [4.78, 5) is 17.6. The van der Waals surface area contributed by atoms with Crippen LogP contribution in [0.5, 0.6) is 0 Å². The van der Waals surface area contributed by atoms with E-state index in [0.717, 1.165) is 11.3 Å². The van der Waals surface area contributed by atoms with Crippen molar-refractivity contribution in [2.75, 3.05) is 31.1 Å². The molecule has 8 heteroatoms. The number of benzene rings is 1. The molecule has 1 saturated heterocycles. The van der Waals surface area contributed by atoms with Gasteiger partial charge in [0.1, 0.15) is 5.69 Å². The Morgan fingerprint density at radius 1 is 1.07 bits per heavy atom. The third-order valence-corrected chi connectivity index (χ3v) is 6.70. The molecule has 1 fully saturated rings. The van der Waals surface area contributed by atoms with Crippen molar-refractivity contribution in [1.29, 1.82) is 0 Å². The van der Waals surface area contributed by atoms with Gasteiger partial charge in [-0.1, -0.05) is 26.0 Å². The molecular weight excluding hydrogens is 364 g/mol. The van der Waals surface area contributed by atoms with E-state index in [1.165, 1.54) is 10.5 Å². The van der Waals surface area contributed by atoms with Crippen molar-refractivity contribution in [1.82, 2.24) is 9.29 Å². The highest BCUT2D eigenvalue weighted by atomic mass is 32.2. The summed E-state index contributed by atoms with van der Waals surface area (Å²) >= 11 is 0. The van der Waals surface area contributed by atoms with Crippen molar-refractivity contribution >= 4 is 21.6 Å². The molecule has 2 aromatic rings. The van der Waals surface area contributed by atoms with Gasteiger partial charge in [-0.3, -0.25) is 9.78 Å². The predicted octanol–water partition coefficient (Wildman–Crippen LogP) is 1.81. The van der Waals surface area contributed by atoms with E-state index in [4.69, 9.17) is 5.73 Å². The van der Waals surface area contributed by atoms with Crippen molar-refractivity contribution in [2.24, 2.45) is 5.73 Å². The third kappa shape index (κ3) is 4.12. The van der Waals surface area contributed by atoms with Gasteiger partial charge in [-0.25, -0.2) is 8.42 Å². The first-order valence-corrected chi connectivity index (χ1v) is 10.3. The van der Waals surface area contributed by atoms with Crippen LogP contribution in [0.15, 0.2) is 47.5 Å². The van der Waals surface area contributed by atoms with Crippen molar-refractivity contribution in [3.8, 4) is 0 Å². The quantitative estimate of drug-likeness (QED) is 0.843. The van der Waals surface area contributed by atoms with Crippen molar-refractivity contribution in [3.05, 3.63) is 53.9 Å². The summed E-state index contributed by atoms with van der Waals surface area (Å²) in [7, 11) is -3.51. The number of aromatic nitrogens is 1. The number of nitrogens with zero attached hydrogens (tertiary/aromatic N) is 3. The highest BCUT2D eigenvalue weighted by molar-refractivity contribution is 7.89. The average Bonchev–Trinajstić information content (AvgIpc) is 2.68. The smallest absolute Gasteiger partial charge is 0.267 e. The molecule has 7 nitrogen and oxygen atoms in total. The molecule has 0 spiro atoms. The molecule has 2 N–H and O–H groups in total. The Bertz CT molecular complexity index is 918. The maximum atomic E-state index is 12.9. The van der Waals surface area contributed by atoms with Gasteiger partial charge >= 0.3 is 0 Å². The van der Waals surface area contributed by atoms with Crippen LogP contribution in [0.2, 0.25) is 0 Å². The molecule has 0 bridgehead atoms. The largest absolute Gasteiger partial charge is 0.369 e. The average molecular weight is 388 g/mol. The lowest BCUT2D eigenvalue weighted by molar-refractivity contribution is 0.0995. The van der Waals surface area contributed by atoms with Crippen LogP contribution in [0.3, 0.4) is 0 Å². The number of piperazine rings is 1. The van der Waals surface area contributed by atoms with E-state index in [9.17, 15) is 13.2 Å². The number of pyridine rings is 1. The molecule has 27 heavy (non-hydrogen) atoms. The van der Waals surface area contributed by atoms with Gasteiger partial charge in [-0.15, -0.1) is 0 Å². The number of anilines is 1. The fraction of sp³-hybridized carbons (Fsp3) is 0.368. The van der Waals surface area contributed by atoms with Gasteiger partial charge in [0.15, 0.2) is 0 Å². The fourth-order valence-corrected chi connectivity index (χ4v) is 4.53. The van der Waals surface area contributed by atoms with Gasteiger partial charge in [-0.2, -0.15) is 4.31 Å². The van der Waals surface area contributed by atoms with Crippen LogP contribution in [-0.2, 0) is 10.0 Å². The lowest BCUT2D eigenvalue weighted by Crippen LogP contribution is -2.48. The second-order valence-corrected chi connectivity index (χ2v) is 8.82. The van der Waals surface area contributed by atoms with Crippen LogP contribution < -0.4 is 10.6 Å². The summed E-state index contributed by atoms with van der Waals surface area (Å²) in [5.41, 5.74) is 7.41. The number of nitrogens with two attached hydrogens (primary N) is 1. The zero-order valence-corrected chi connectivity index (χ0v) is 16.3. The van der Waals surface area contributed by atoms with Gasteiger partial charge < -0.3 is 10.6 Å². The summed E-state index contributed by atoms with van der Waals surface area (Å²) in [6, 6.07) is 10.5. The number of hydrogen-bond donors (Lipinski definition) is 1. The normalized spacial score (nSPS) is 15.9. The van der Waals surface area contributed by atoms with Gasteiger partial charge in [0, 0.05) is 38.1 Å². The number of carbonyl (C=O) groups excluding carboxylic acids is 1. The standard InChI is InChI=1S/C19H24N4O3S/c1-14(2)15-3-5-17(6-4-15)27(25,26)23-11-9-22(10-12-23)16-7-8-21-18(13-16)19(20)24/h3-8,13-14H,9-12H2,1-2H3,(H2,20,24). The minimum atomic E-state index is -3.51. The first-order chi connectivity index (χ1) is 12.8.